The van der Waals surface area contributed by atoms with Gasteiger partial charge in [0, 0.05) is 9.81 Å². The summed E-state index contributed by atoms with van der Waals surface area (Å²) < 4.78 is 0. The molecule has 0 saturated heterocycles. The first-order valence-electron chi connectivity index (χ1n) is 4.17. The van der Waals surface area contributed by atoms with E-state index in [4.69, 9.17) is 0 Å². The van der Waals surface area contributed by atoms with Crippen LogP contribution in [0, 0.1) is 0 Å². The third kappa shape index (κ3) is 2.11. The van der Waals surface area contributed by atoms with Gasteiger partial charge in [0.15, 0.2) is 0 Å². The molecule has 0 N–H and O–H groups in total. The van der Waals surface area contributed by atoms with Gasteiger partial charge in [0.25, 0.3) is 0 Å². The van der Waals surface area contributed by atoms with E-state index in [0.717, 1.165) is 11.2 Å². The largest absolute Gasteiger partial charge is 0.299 e. The molecule has 2 rings (SSSR count). The summed E-state index contributed by atoms with van der Waals surface area (Å²) in [6.45, 7) is 0. The predicted molar refractivity (Wildman–Crippen MR) is 63.7 cm³/mol. The topological polar surface area (TPSA) is 17.1 Å². The molecule has 0 aliphatic carbocycles. The highest BCUT2D eigenvalue weighted by Gasteiger charge is 2.11. The molecule has 70 valence electrons. The Balaban J connectivity index is 2.26. The summed E-state index contributed by atoms with van der Waals surface area (Å²) >= 11 is 0. The van der Waals surface area contributed by atoms with Gasteiger partial charge >= 0.3 is 0 Å². The minimum atomic E-state index is 0.827. The molecule has 1 aliphatic heterocycles. The number of carbonyl (C=O) groups excluding carboxylic acids is 1. The molecule has 0 unspecified atom stereocenters. The molecule has 1 nitrogen and oxygen atoms in total. The number of hydrogen-bond acceptors (Lipinski definition) is 3. The average Bonchev–Trinajstić information content (AvgIpc) is 2.68. The van der Waals surface area contributed by atoms with Crippen LogP contribution in [-0.4, -0.2) is 6.29 Å². The van der Waals surface area contributed by atoms with E-state index in [1.807, 2.05) is 24.3 Å². The van der Waals surface area contributed by atoms with Crippen molar-refractivity contribution in [2.24, 2.45) is 0 Å². The maximum Gasteiger partial charge on any atom is 0.143 e. The molecule has 1 aliphatic rings. The van der Waals surface area contributed by atoms with Gasteiger partial charge in [-0.2, -0.15) is 0 Å². The first-order chi connectivity index (χ1) is 6.90. The standard InChI is InChI=1S/C11H8OS2/c12-7-6-10-8-11(14-13-10)9-4-2-1-3-5-9/h1-8H/b10-6+. The van der Waals surface area contributed by atoms with E-state index in [1.54, 1.807) is 27.7 Å². The Kier molecular flexibility index (Phi) is 3.11. The van der Waals surface area contributed by atoms with Gasteiger partial charge in [-0.15, -0.1) is 0 Å². The lowest BCUT2D eigenvalue weighted by Crippen LogP contribution is -1.73. The van der Waals surface area contributed by atoms with E-state index in [1.165, 1.54) is 10.5 Å². The molecule has 0 aromatic heterocycles. The molecule has 0 saturated carbocycles. The van der Waals surface area contributed by atoms with E-state index in [9.17, 15) is 4.79 Å². The summed E-state index contributed by atoms with van der Waals surface area (Å²) in [4.78, 5) is 12.5. The molecule has 0 fully saturated rings. The fraction of sp³-hybridized carbons (Fsp3) is 0. The maximum atomic E-state index is 10.3. The molecule has 0 spiro atoms. The molecular formula is C11H8OS2. The van der Waals surface area contributed by atoms with E-state index < -0.39 is 0 Å². The Bertz CT molecular complexity index is 393. The second-order valence-electron chi connectivity index (χ2n) is 2.75. The summed E-state index contributed by atoms with van der Waals surface area (Å²) in [5.74, 6) is 0. The fourth-order valence-electron chi connectivity index (χ4n) is 1.15. The van der Waals surface area contributed by atoms with E-state index >= 15 is 0 Å². The van der Waals surface area contributed by atoms with Gasteiger partial charge in [0.2, 0.25) is 0 Å². The van der Waals surface area contributed by atoms with Crippen LogP contribution >= 0.6 is 21.6 Å². The number of carbonyl (C=O) groups is 1. The molecule has 1 aromatic carbocycles. The lowest BCUT2D eigenvalue weighted by atomic mass is 10.2. The first-order valence-corrected chi connectivity index (χ1v) is 6.32. The van der Waals surface area contributed by atoms with Crippen molar-refractivity contribution < 1.29 is 4.79 Å². The van der Waals surface area contributed by atoms with Crippen molar-refractivity contribution >= 4 is 32.8 Å². The van der Waals surface area contributed by atoms with Crippen LogP contribution in [0.15, 0.2) is 47.4 Å². The van der Waals surface area contributed by atoms with Crippen molar-refractivity contribution in [3.05, 3.63) is 53.0 Å². The lowest BCUT2D eigenvalue weighted by Gasteiger charge is -1.97. The number of aldehydes is 1. The van der Waals surface area contributed by atoms with Gasteiger partial charge in [-0.3, -0.25) is 4.79 Å². The Labute approximate surface area is 90.7 Å². The molecule has 0 radical (unpaired) electrons. The Hall–Kier alpha value is -0.930. The predicted octanol–water partition coefficient (Wildman–Crippen LogP) is 3.51. The smallest absolute Gasteiger partial charge is 0.143 e. The van der Waals surface area contributed by atoms with Crippen molar-refractivity contribution in [2.75, 3.05) is 0 Å². The van der Waals surface area contributed by atoms with Crippen LogP contribution in [0.5, 0.6) is 0 Å². The fourth-order valence-corrected chi connectivity index (χ4v) is 3.39. The minimum Gasteiger partial charge on any atom is -0.299 e. The molecule has 0 amide bonds. The van der Waals surface area contributed by atoms with Gasteiger partial charge in [-0.1, -0.05) is 51.9 Å². The summed E-state index contributed by atoms with van der Waals surface area (Å²) in [5.41, 5.74) is 1.21. The highest BCUT2D eigenvalue weighted by Crippen LogP contribution is 2.48. The Morgan fingerprint density at radius 3 is 2.57 bits per heavy atom. The molecule has 3 heteroatoms. The van der Waals surface area contributed by atoms with Crippen LogP contribution in [0.2, 0.25) is 0 Å². The van der Waals surface area contributed by atoms with Crippen molar-refractivity contribution in [3.63, 3.8) is 0 Å². The molecule has 0 bridgehead atoms. The quantitative estimate of drug-likeness (QED) is 0.431. The summed E-state index contributed by atoms with van der Waals surface area (Å²) in [5, 5.41) is 0. The zero-order chi connectivity index (χ0) is 9.80. The van der Waals surface area contributed by atoms with Gasteiger partial charge < -0.3 is 0 Å². The summed E-state index contributed by atoms with van der Waals surface area (Å²) in [6.07, 6.45) is 4.46. The number of rotatable bonds is 2. The average molecular weight is 220 g/mol. The Morgan fingerprint density at radius 1 is 1.07 bits per heavy atom. The van der Waals surface area contributed by atoms with Crippen LogP contribution in [0.25, 0.3) is 4.91 Å². The zero-order valence-corrected chi connectivity index (χ0v) is 8.98. The third-order valence-corrected chi connectivity index (χ3v) is 4.22. The third-order valence-electron chi connectivity index (χ3n) is 1.79. The lowest BCUT2D eigenvalue weighted by molar-refractivity contribution is -0.104. The Morgan fingerprint density at radius 2 is 1.86 bits per heavy atom. The van der Waals surface area contributed by atoms with Crippen LogP contribution in [0.3, 0.4) is 0 Å². The van der Waals surface area contributed by atoms with Gasteiger partial charge in [-0.05, 0) is 17.7 Å². The van der Waals surface area contributed by atoms with Gasteiger partial charge in [0.05, 0.1) is 0 Å². The van der Waals surface area contributed by atoms with Crippen LogP contribution in [0.1, 0.15) is 5.56 Å². The molecule has 1 aromatic rings. The minimum absolute atomic E-state index is 0.827. The van der Waals surface area contributed by atoms with Crippen molar-refractivity contribution in [3.8, 4) is 0 Å². The molecule has 1 heterocycles. The summed E-state index contributed by atoms with van der Waals surface area (Å²) in [6, 6.07) is 10.2. The van der Waals surface area contributed by atoms with Crippen molar-refractivity contribution in [1.82, 2.24) is 0 Å². The van der Waals surface area contributed by atoms with Crippen LogP contribution < -0.4 is 0 Å². The van der Waals surface area contributed by atoms with Crippen molar-refractivity contribution in [2.45, 2.75) is 0 Å². The second kappa shape index (κ2) is 4.53. The van der Waals surface area contributed by atoms with Gasteiger partial charge in [0.1, 0.15) is 6.29 Å². The SMILES string of the molecule is O=C/C=C1\C=C(c2ccccc2)SS1. The summed E-state index contributed by atoms with van der Waals surface area (Å²) in [7, 11) is 3.32. The zero-order valence-electron chi connectivity index (χ0n) is 7.34. The monoisotopic (exact) mass is 220 g/mol. The van der Waals surface area contributed by atoms with E-state index in [0.29, 0.717) is 0 Å². The molecule has 14 heavy (non-hydrogen) atoms. The molecule has 0 atom stereocenters. The van der Waals surface area contributed by atoms with E-state index in [2.05, 4.69) is 12.1 Å². The van der Waals surface area contributed by atoms with Gasteiger partial charge in [-0.25, -0.2) is 0 Å². The highest BCUT2D eigenvalue weighted by atomic mass is 33.1. The van der Waals surface area contributed by atoms with E-state index in [-0.39, 0.29) is 0 Å². The van der Waals surface area contributed by atoms with Crippen molar-refractivity contribution in [1.29, 1.82) is 0 Å². The normalized spacial score (nSPS) is 18.3. The second-order valence-corrected chi connectivity index (χ2v) is 4.99. The van der Waals surface area contributed by atoms with Crippen LogP contribution in [0.4, 0.5) is 0 Å². The number of hydrogen-bond donors (Lipinski definition) is 0. The number of allylic oxidation sites excluding steroid dienone is 2. The highest BCUT2D eigenvalue weighted by molar-refractivity contribution is 8.82. The first kappa shape index (κ1) is 9.62. The number of benzene rings is 1. The maximum absolute atomic E-state index is 10.3. The van der Waals surface area contributed by atoms with Crippen LogP contribution in [-0.2, 0) is 4.79 Å². The molecular weight excluding hydrogens is 212 g/mol.